The molecule has 2 heterocycles. The van der Waals surface area contributed by atoms with Gasteiger partial charge in [-0.05, 0) is 20.0 Å². The summed E-state index contributed by atoms with van der Waals surface area (Å²) in [6.07, 6.45) is 0.865. The highest BCUT2D eigenvalue weighted by molar-refractivity contribution is 5.34. The van der Waals surface area contributed by atoms with E-state index < -0.39 is 17.8 Å². The second-order valence-corrected chi connectivity index (χ2v) is 4.27. The van der Waals surface area contributed by atoms with Crippen LogP contribution >= 0.6 is 0 Å². The Morgan fingerprint density at radius 2 is 1.90 bits per heavy atom. The number of rotatable bonds is 3. The predicted octanol–water partition coefficient (Wildman–Crippen LogP) is 2.51. The van der Waals surface area contributed by atoms with Crippen LogP contribution in [-0.2, 0) is 6.18 Å². The largest absolute Gasteiger partial charge is 0.416 e. The molecule has 2 aromatic rings. The molecule has 1 atom stereocenters. The van der Waals surface area contributed by atoms with Crippen LogP contribution in [0.1, 0.15) is 28.6 Å². The maximum Gasteiger partial charge on any atom is 0.416 e. The van der Waals surface area contributed by atoms with E-state index in [1.807, 2.05) is 0 Å². The highest BCUT2D eigenvalue weighted by Crippen LogP contribution is 2.35. The van der Waals surface area contributed by atoms with Gasteiger partial charge in [0.25, 0.3) is 0 Å². The van der Waals surface area contributed by atoms with Gasteiger partial charge in [-0.2, -0.15) is 13.2 Å². The lowest BCUT2D eigenvalue weighted by atomic mass is 10.00. The molecule has 106 valence electrons. The van der Waals surface area contributed by atoms with Gasteiger partial charge in [-0.3, -0.25) is 15.0 Å². The van der Waals surface area contributed by atoms with Crippen molar-refractivity contribution in [1.82, 2.24) is 20.3 Å². The van der Waals surface area contributed by atoms with Crippen molar-refractivity contribution in [1.29, 1.82) is 0 Å². The minimum atomic E-state index is -4.44. The van der Waals surface area contributed by atoms with E-state index >= 15 is 0 Å². The SMILES string of the molecule is CNC(c1cnc(C)cn1)c1cnccc1C(F)(F)F. The number of nitrogens with zero attached hydrogens (tertiary/aromatic N) is 3. The maximum atomic E-state index is 13.0. The molecule has 0 aliphatic carbocycles. The van der Waals surface area contributed by atoms with Crippen molar-refractivity contribution < 1.29 is 13.2 Å². The molecule has 0 bridgehead atoms. The Kier molecular flexibility index (Phi) is 3.99. The summed E-state index contributed by atoms with van der Waals surface area (Å²) >= 11 is 0. The van der Waals surface area contributed by atoms with Crippen molar-refractivity contribution in [2.24, 2.45) is 0 Å². The molecule has 7 heteroatoms. The number of aryl methyl sites for hydroxylation is 1. The quantitative estimate of drug-likeness (QED) is 0.939. The van der Waals surface area contributed by atoms with Crippen LogP contribution in [0.25, 0.3) is 0 Å². The van der Waals surface area contributed by atoms with Crippen LogP contribution in [0.15, 0.2) is 30.9 Å². The van der Waals surface area contributed by atoms with Gasteiger partial charge < -0.3 is 5.32 Å². The van der Waals surface area contributed by atoms with Gasteiger partial charge in [0.1, 0.15) is 0 Å². The van der Waals surface area contributed by atoms with E-state index in [-0.39, 0.29) is 5.56 Å². The molecule has 0 fully saturated rings. The molecule has 20 heavy (non-hydrogen) atoms. The van der Waals surface area contributed by atoms with Crippen molar-refractivity contribution in [2.45, 2.75) is 19.1 Å². The summed E-state index contributed by atoms with van der Waals surface area (Å²) in [6, 6.07) is 0.245. The van der Waals surface area contributed by atoms with Crippen LogP contribution in [0, 0.1) is 6.92 Å². The summed E-state index contributed by atoms with van der Waals surface area (Å²) in [5, 5.41) is 2.82. The zero-order valence-corrected chi connectivity index (χ0v) is 10.9. The first kappa shape index (κ1) is 14.4. The summed E-state index contributed by atoms with van der Waals surface area (Å²) in [5.41, 5.74) is 0.414. The van der Waals surface area contributed by atoms with Gasteiger partial charge in [-0.1, -0.05) is 0 Å². The maximum absolute atomic E-state index is 13.0. The molecule has 0 saturated heterocycles. The van der Waals surface area contributed by atoms with Crippen molar-refractivity contribution in [2.75, 3.05) is 7.05 Å². The average Bonchev–Trinajstić information content (AvgIpc) is 2.41. The summed E-state index contributed by atoms with van der Waals surface area (Å²) in [6.45, 7) is 1.76. The van der Waals surface area contributed by atoms with E-state index in [2.05, 4.69) is 20.3 Å². The number of hydrogen-bond donors (Lipinski definition) is 1. The molecular weight excluding hydrogens is 269 g/mol. The van der Waals surface area contributed by atoms with E-state index in [9.17, 15) is 13.2 Å². The zero-order valence-electron chi connectivity index (χ0n) is 10.9. The van der Waals surface area contributed by atoms with E-state index in [1.54, 1.807) is 14.0 Å². The Morgan fingerprint density at radius 3 is 2.45 bits per heavy atom. The molecule has 0 aromatic carbocycles. The third-order valence-electron chi connectivity index (χ3n) is 2.85. The number of nitrogens with one attached hydrogen (secondary N) is 1. The molecule has 0 aliphatic heterocycles. The smallest absolute Gasteiger partial charge is 0.308 e. The van der Waals surface area contributed by atoms with Crippen molar-refractivity contribution >= 4 is 0 Å². The molecule has 2 aromatic heterocycles. The molecule has 2 rings (SSSR count). The number of aromatic nitrogens is 3. The molecule has 0 amide bonds. The lowest BCUT2D eigenvalue weighted by Crippen LogP contribution is -2.23. The molecule has 4 nitrogen and oxygen atoms in total. The lowest BCUT2D eigenvalue weighted by molar-refractivity contribution is -0.138. The Bertz CT molecular complexity index is 581. The number of pyridine rings is 1. The first-order chi connectivity index (χ1) is 9.43. The van der Waals surface area contributed by atoms with Crippen LogP contribution in [0.5, 0.6) is 0 Å². The zero-order chi connectivity index (χ0) is 14.8. The molecule has 0 spiro atoms. The monoisotopic (exact) mass is 282 g/mol. The average molecular weight is 282 g/mol. The normalized spacial score (nSPS) is 13.2. The third kappa shape index (κ3) is 2.93. The summed E-state index contributed by atoms with van der Waals surface area (Å²) in [4.78, 5) is 12.0. The second-order valence-electron chi connectivity index (χ2n) is 4.27. The molecule has 0 aliphatic rings. The van der Waals surface area contributed by atoms with Gasteiger partial charge in [-0.15, -0.1) is 0 Å². The van der Waals surface area contributed by atoms with Gasteiger partial charge in [0, 0.05) is 24.2 Å². The minimum absolute atomic E-state index is 0.0284. The van der Waals surface area contributed by atoms with Gasteiger partial charge >= 0.3 is 6.18 Å². The fraction of sp³-hybridized carbons (Fsp3) is 0.308. The Hall–Kier alpha value is -2.02. The van der Waals surface area contributed by atoms with Crippen molar-refractivity contribution in [3.63, 3.8) is 0 Å². The topological polar surface area (TPSA) is 50.7 Å². The fourth-order valence-corrected chi connectivity index (χ4v) is 1.91. The minimum Gasteiger partial charge on any atom is -0.308 e. The molecule has 1 N–H and O–H groups in total. The van der Waals surface area contributed by atoms with E-state index in [0.717, 1.165) is 12.3 Å². The standard InChI is InChI=1S/C13H13F3N4/c1-8-5-20-11(7-19-8)12(17-2)9-6-18-4-3-10(9)13(14,15)16/h3-7,12,17H,1-2H3. The van der Waals surface area contributed by atoms with Crippen LogP contribution < -0.4 is 5.32 Å². The van der Waals surface area contributed by atoms with Gasteiger partial charge in [0.15, 0.2) is 0 Å². The lowest BCUT2D eigenvalue weighted by Gasteiger charge is -2.20. The second kappa shape index (κ2) is 5.54. The molecular formula is C13H13F3N4. The van der Waals surface area contributed by atoms with E-state index in [4.69, 9.17) is 0 Å². The van der Waals surface area contributed by atoms with Crippen LogP contribution in [0.4, 0.5) is 13.2 Å². The Labute approximate surface area is 114 Å². The molecule has 0 saturated carbocycles. The molecule has 0 radical (unpaired) electrons. The van der Waals surface area contributed by atoms with Crippen LogP contribution in [0.2, 0.25) is 0 Å². The predicted molar refractivity (Wildman–Crippen MR) is 66.9 cm³/mol. The first-order valence-corrected chi connectivity index (χ1v) is 5.90. The Morgan fingerprint density at radius 1 is 1.15 bits per heavy atom. The summed E-state index contributed by atoms with van der Waals surface area (Å²) in [7, 11) is 1.57. The van der Waals surface area contributed by atoms with E-state index in [0.29, 0.717) is 11.4 Å². The fourth-order valence-electron chi connectivity index (χ4n) is 1.91. The first-order valence-electron chi connectivity index (χ1n) is 5.90. The van der Waals surface area contributed by atoms with Gasteiger partial charge in [0.2, 0.25) is 0 Å². The highest BCUT2D eigenvalue weighted by atomic mass is 19.4. The van der Waals surface area contributed by atoms with E-state index in [1.165, 1.54) is 18.6 Å². The van der Waals surface area contributed by atoms with Gasteiger partial charge in [-0.25, -0.2) is 0 Å². The van der Waals surface area contributed by atoms with Crippen molar-refractivity contribution in [3.05, 3.63) is 53.4 Å². The van der Waals surface area contributed by atoms with Gasteiger partial charge in [0.05, 0.1) is 29.2 Å². The highest BCUT2D eigenvalue weighted by Gasteiger charge is 2.35. The number of alkyl halides is 3. The third-order valence-corrected chi connectivity index (χ3v) is 2.85. The van der Waals surface area contributed by atoms with Crippen molar-refractivity contribution in [3.8, 4) is 0 Å². The molecule has 1 unspecified atom stereocenters. The summed E-state index contributed by atoms with van der Waals surface area (Å²) < 4.78 is 39.1. The summed E-state index contributed by atoms with van der Waals surface area (Å²) in [5.74, 6) is 0. The Balaban J connectivity index is 2.50. The number of halogens is 3. The van der Waals surface area contributed by atoms with Crippen LogP contribution in [0.3, 0.4) is 0 Å². The number of hydrogen-bond acceptors (Lipinski definition) is 4. The van der Waals surface area contributed by atoms with Crippen LogP contribution in [-0.4, -0.2) is 22.0 Å².